The van der Waals surface area contributed by atoms with E-state index in [9.17, 15) is 4.79 Å². The van der Waals surface area contributed by atoms with E-state index >= 15 is 0 Å². The number of benzene rings is 1. The van der Waals surface area contributed by atoms with E-state index in [0.717, 1.165) is 18.4 Å². The second-order valence-electron chi connectivity index (χ2n) is 3.18. The smallest absolute Gasteiger partial charge is 0.217 e. The second kappa shape index (κ2) is 5.50. The van der Waals surface area contributed by atoms with E-state index in [2.05, 4.69) is 0 Å². The molecule has 2 nitrogen and oxygen atoms in total. The maximum absolute atomic E-state index is 10.5. The normalized spacial score (nSPS) is 9.71. The average molecular weight is 207 g/mol. The van der Waals surface area contributed by atoms with E-state index in [1.54, 1.807) is 5.37 Å². The lowest BCUT2D eigenvalue weighted by Gasteiger charge is -2.00. The number of aryl methyl sites for hydroxylation is 1. The van der Waals surface area contributed by atoms with Crippen LogP contribution in [0.15, 0.2) is 24.3 Å². The summed E-state index contributed by atoms with van der Waals surface area (Å²) in [6, 6.07) is 8.01. The van der Waals surface area contributed by atoms with Crippen molar-refractivity contribution in [3.63, 3.8) is 0 Å². The number of carbonyl (C=O) groups is 1. The molecule has 1 amide bonds. The predicted octanol–water partition coefficient (Wildman–Crippen LogP) is 1.84. The molecule has 0 fully saturated rings. The van der Waals surface area contributed by atoms with Gasteiger partial charge in [0, 0.05) is 11.8 Å². The molecule has 1 aromatic carbocycles. The zero-order valence-corrected chi connectivity index (χ0v) is 8.72. The first-order valence-electron chi connectivity index (χ1n) is 4.55. The molecule has 14 heavy (non-hydrogen) atoms. The summed E-state index contributed by atoms with van der Waals surface area (Å²) >= 11 is 4.80. The lowest BCUT2D eigenvalue weighted by molar-refractivity contribution is -0.118. The maximum Gasteiger partial charge on any atom is 0.217 e. The number of hydrogen-bond acceptors (Lipinski definition) is 2. The molecule has 1 rings (SSSR count). The van der Waals surface area contributed by atoms with Crippen LogP contribution in [0.1, 0.15) is 24.0 Å². The fraction of sp³-hybridized carbons (Fsp3) is 0.273. The molecule has 0 spiro atoms. The third kappa shape index (κ3) is 3.66. The monoisotopic (exact) mass is 207 g/mol. The van der Waals surface area contributed by atoms with Crippen molar-refractivity contribution < 1.29 is 4.79 Å². The largest absolute Gasteiger partial charge is 0.370 e. The Kier molecular flexibility index (Phi) is 4.26. The molecule has 2 N–H and O–H groups in total. The Morgan fingerprint density at radius 1 is 1.36 bits per heavy atom. The summed E-state index contributed by atoms with van der Waals surface area (Å²) in [6.07, 6.45) is 2.15. The van der Waals surface area contributed by atoms with Gasteiger partial charge in [-0.3, -0.25) is 4.79 Å². The van der Waals surface area contributed by atoms with Gasteiger partial charge >= 0.3 is 0 Å². The van der Waals surface area contributed by atoms with Crippen LogP contribution in [-0.4, -0.2) is 11.3 Å². The Morgan fingerprint density at radius 2 is 2.00 bits per heavy atom. The molecule has 74 valence electrons. The number of amides is 1. The molecular formula is C11H13NOS. The SMILES string of the molecule is NC(=O)CCCc1ccc(C=S)cc1. The Hall–Kier alpha value is -1.22. The van der Waals surface area contributed by atoms with Crippen LogP contribution in [0.4, 0.5) is 0 Å². The molecule has 0 unspecified atom stereocenters. The summed E-state index contributed by atoms with van der Waals surface area (Å²) in [7, 11) is 0. The van der Waals surface area contributed by atoms with Gasteiger partial charge in [0.05, 0.1) is 0 Å². The molecule has 0 aliphatic carbocycles. The van der Waals surface area contributed by atoms with Gasteiger partial charge in [0.25, 0.3) is 0 Å². The summed E-state index contributed by atoms with van der Waals surface area (Å²) in [5.41, 5.74) is 7.30. The van der Waals surface area contributed by atoms with Gasteiger partial charge in [-0.1, -0.05) is 36.5 Å². The first-order chi connectivity index (χ1) is 6.72. The van der Waals surface area contributed by atoms with Gasteiger partial charge < -0.3 is 5.73 Å². The van der Waals surface area contributed by atoms with Crippen LogP contribution in [-0.2, 0) is 11.2 Å². The van der Waals surface area contributed by atoms with Crippen molar-refractivity contribution in [1.82, 2.24) is 0 Å². The summed E-state index contributed by atoms with van der Waals surface area (Å²) < 4.78 is 0. The van der Waals surface area contributed by atoms with Gasteiger partial charge in [-0.05, 0) is 24.0 Å². The zero-order valence-electron chi connectivity index (χ0n) is 7.90. The van der Waals surface area contributed by atoms with Gasteiger partial charge in [0.15, 0.2) is 0 Å². The van der Waals surface area contributed by atoms with Crippen LogP contribution >= 0.6 is 12.2 Å². The first kappa shape index (κ1) is 10.9. The van der Waals surface area contributed by atoms with Crippen molar-refractivity contribution in [1.29, 1.82) is 0 Å². The molecule has 0 radical (unpaired) electrons. The number of rotatable bonds is 5. The summed E-state index contributed by atoms with van der Waals surface area (Å²) in [6.45, 7) is 0. The van der Waals surface area contributed by atoms with E-state index in [1.807, 2.05) is 24.3 Å². The summed E-state index contributed by atoms with van der Waals surface area (Å²) in [5.74, 6) is -0.236. The molecule has 0 bridgehead atoms. The van der Waals surface area contributed by atoms with Crippen LogP contribution in [0.5, 0.6) is 0 Å². The second-order valence-corrected chi connectivity index (χ2v) is 3.42. The molecular weight excluding hydrogens is 194 g/mol. The number of thiocarbonyl (C=S) groups is 1. The first-order valence-corrected chi connectivity index (χ1v) is 5.02. The number of carbonyl (C=O) groups excluding carboxylic acids is 1. The van der Waals surface area contributed by atoms with E-state index < -0.39 is 0 Å². The molecule has 0 aliphatic rings. The van der Waals surface area contributed by atoms with Crippen LogP contribution in [0.25, 0.3) is 0 Å². The number of primary amides is 1. The molecule has 3 heteroatoms. The Labute approximate surface area is 89.1 Å². The summed E-state index contributed by atoms with van der Waals surface area (Å²) in [4.78, 5) is 10.5. The van der Waals surface area contributed by atoms with E-state index in [1.165, 1.54) is 5.56 Å². The minimum Gasteiger partial charge on any atom is -0.370 e. The van der Waals surface area contributed by atoms with Gasteiger partial charge in [-0.25, -0.2) is 0 Å². The van der Waals surface area contributed by atoms with Crippen LogP contribution in [0, 0.1) is 0 Å². The third-order valence-corrected chi connectivity index (χ3v) is 2.28. The fourth-order valence-electron chi connectivity index (χ4n) is 1.23. The van der Waals surface area contributed by atoms with E-state index in [-0.39, 0.29) is 5.91 Å². The van der Waals surface area contributed by atoms with Crippen LogP contribution in [0.2, 0.25) is 0 Å². The maximum atomic E-state index is 10.5. The predicted molar refractivity (Wildman–Crippen MR) is 61.3 cm³/mol. The van der Waals surface area contributed by atoms with Crippen LogP contribution in [0.3, 0.4) is 0 Å². The molecule has 0 heterocycles. The highest BCUT2D eigenvalue weighted by atomic mass is 32.1. The highest BCUT2D eigenvalue weighted by Crippen LogP contribution is 2.06. The van der Waals surface area contributed by atoms with E-state index in [0.29, 0.717) is 6.42 Å². The topological polar surface area (TPSA) is 43.1 Å². The van der Waals surface area contributed by atoms with Gasteiger partial charge in [0.1, 0.15) is 0 Å². The van der Waals surface area contributed by atoms with Gasteiger partial charge in [0.2, 0.25) is 5.91 Å². The zero-order chi connectivity index (χ0) is 10.4. The highest BCUT2D eigenvalue weighted by molar-refractivity contribution is 7.79. The van der Waals surface area contributed by atoms with Crippen molar-refractivity contribution in [3.05, 3.63) is 35.4 Å². The standard InChI is InChI=1S/C11H13NOS/c12-11(13)3-1-2-9-4-6-10(8-14)7-5-9/h4-8H,1-3H2,(H2,12,13). The molecule has 0 atom stereocenters. The Balaban J connectivity index is 2.43. The fourth-order valence-corrected chi connectivity index (χ4v) is 1.39. The third-order valence-electron chi connectivity index (χ3n) is 2.00. The Bertz CT molecular complexity index is 319. The van der Waals surface area contributed by atoms with E-state index in [4.69, 9.17) is 18.0 Å². The minimum atomic E-state index is -0.236. The number of hydrogen-bond donors (Lipinski definition) is 1. The molecule has 1 aromatic rings. The van der Waals surface area contributed by atoms with Crippen molar-refractivity contribution in [2.75, 3.05) is 0 Å². The number of nitrogens with two attached hydrogens (primary N) is 1. The average Bonchev–Trinajstić information content (AvgIpc) is 2.18. The van der Waals surface area contributed by atoms with Crippen LogP contribution < -0.4 is 5.73 Å². The van der Waals surface area contributed by atoms with Gasteiger partial charge in [-0.2, -0.15) is 0 Å². The quantitative estimate of drug-likeness (QED) is 0.749. The Morgan fingerprint density at radius 3 is 2.50 bits per heavy atom. The van der Waals surface area contributed by atoms with Crippen molar-refractivity contribution in [2.45, 2.75) is 19.3 Å². The van der Waals surface area contributed by atoms with Crippen molar-refractivity contribution in [3.8, 4) is 0 Å². The molecule has 0 aromatic heterocycles. The van der Waals surface area contributed by atoms with Crippen molar-refractivity contribution in [2.24, 2.45) is 5.73 Å². The lowest BCUT2D eigenvalue weighted by Crippen LogP contribution is -2.10. The molecule has 0 saturated carbocycles. The van der Waals surface area contributed by atoms with Gasteiger partial charge in [-0.15, -0.1) is 0 Å². The minimum absolute atomic E-state index is 0.236. The lowest BCUT2D eigenvalue weighted by atomic mass is 10.1. The molecule has 0 aliphatic heterocycles. The van der Waals surface area contributed by atoms with Crippen molar-refractivity contribution >= 4 is 23.5 Å². The highest BCUT2D eigenvalue weighted by Gasteiger charge is 1.96. The molecule has 0 saturated heterocycles. The summed E-state index contributed by atoms with van der Waals surface area (Å²) in [5, 5.41) is 1.65.